The molecule has 2 N–H and O–H groups in total. The van der Waals surface area contributed by atoms with Gasteiger partial charge in [-0.2, -0.15) is 0 Å². The maximum atomic E-state index is 10.8. The fraction of sp³-hybridized carbons (Fsp3) is 0.714. The third kappa shape index (κ3) is 7.56. The maximum Gasteiger partial charge on any atom is 0.220 e. The Morgan fingerprint density at radius 1 is 1.50 bits per heavy atom. The summed E-state index contributed by atoms with van der Waals surface area (Å²) in [6.07, 6.45) is 0.324. The third-order valence-electron chi connectivity index (χ3n) is 1.07. The largest absolute Gasteiger partial charge is 0.395 e. The predicted molar refractivity (Wildman–Crippen MR) is 47.9 cm³/mol. The minimum Gasteiger partial charge on any atom is -0.395 e. The van der Waals surface area contributed by atoms with Gasteiger partial charge in [-0.15, -0.1) is 0 Å². The van der Waals surface area contributed by atoms with Gasteiger partial charge in [0.05, 0.1) is 6.61 Å². The first kappa shape index (κ1) is 11.4. The molecule has 0 bridgehead atoms. The van der Waals surface area contributed by atoms with E-state index >= 15 is 0 Å². The number of nitrogens with one attached hydrogen (secondary N) is 1. The SMILES string of the molecule is CC(=O)SCCC(=O)NCCO. The van der Waals surface area contributed by atoms with E-state index in [2.05, 4.69) is 5.32 Å². The molecule has 0 aliphatic rings. The molecule has 70 valence electrons. The first-order valence-corrected chi connectivity index (χ1v) is 4.66. The van der Waals surface area contributed by atoms with Crippen LogP contribution in [0.25, 0.3) is 0 Å². The van der Waals surface area contributed by atoms with Crippen molar-refractivity contribution in [1.82, 2.24) is 5.32 Å². The summed E-state index contributed by atoms with van der Waals surface area (Å²) in [5.41, 5.74) is 0. The Morgan fingerprint density at radius 3 is 2.67 bits per heavy atom. The van der Waals surface area contributed by atoms with Gasteiger partial charge in [0.15, 0.2) is 5.12 Å². The van der Waals surface area contributed by atoms with Crippen molar-refractivity contribution in [1.29, 1.82) is 0 Å². The molecule has 0 aliphatic carbocycles. The van der Waals surface area contributed by atoms with Crippen LogP contribution < -0.4 is 5.32 Å². The van der Waals surface area contributed by atoms with Crippen molar-refractivity contribution >= 4 is 22.8 Å². The van der Waals surface area contributed by atoms with Crippen molar-refractivity contribution in [3.05, 3.63) is 0 Å². The summed E-state index contributed by atoms with van der Waals surface area (Å²) in [6, 6.07) is 0. The molecule has 12 heavy (non-hydrogen) atoms. The second-order valence-corrected chi connectivity index (χ2v) is 3.44. The van der Waals surface area contributed by atoms with Gasteiger partial charge in [0.25, 0.3) is 0 Å². The molecule has 4 nitrogen and oxygen atoms in total. The highest BCUT2D eigenvalue weighted by Crippen LogP contribution is 2.02. The van der Waals surface area contributed by atoms with Crippen molar-refractivity contribution in [2.24, 2.45) is 0 Å². The molecule has 0 atom stereocenters. The number of hydrogen-bond donors (Lipinski definition) is 2. The Hall–Kier alpha value is -0.550. The zero-order valence-electron chi connectivity index (χ0n) is 7.00. The second kappa shape index (κ2) is 7.12. The lowest BCUT2D eigenvalue weighted by Gasteiger charge is -2.00. The fourth-order valence-corrected chi connectivity index (χ4v) is 1.15. The smallest absolute Gasteiger partial charge is 0.220 e. The number of thioether (sulfide) groups is 1. The average Bonchev–Trinajstić information content (AvgIpc) is 2.00. The van der Waals surface area contributed by atoms with E-state index in [0.29, 0.717) is 12.2 Å². The molecule has 0 radical (unpaired) electrons. The number of rotatable bonds is 5. The Labute approximate surface area is 75.7 Å². The van der Waals surface area contributed by atoms with Gasteiger partial charge in [-0.05, 0) is 0 Å². The van der Waals surface area contributed by atoms with Crippen LogP contribution in [0.3, 0.4) is 0 Å². The molecule has 0 saturated heterocycles. The molecule has 0 aliphatic heterocycles. The summed E-state index contributed by atoms with van der Waals surface area (Å²) >= 11 is 1.13. The molecule has 0 fully saturated rings. The molecule has 0 unspecified atom stereocenters. The van der Waals surface area contributed by atoms with Crippen LogP contribution in [-0.4, -0.2) is 35.0 Å². The Morgan fingerprint density at radius 2 is 2.17 bits per heavy atom. The summed E-state index contributed by atoms with van der Waals surface area (Å²) in [4.78, 5) is 21.3. The van der Waals surface area contributed by atoms with E-state index < -0.39 is 0 Å². The van der Waals surface area contributed by atoms with Crippen LogP contribution in [0, 0.1) is 0 Å². The van der Waals surface area contributed by atoms with Gasteiger partial charge in [-0.3, -0.25) is 9.59 Å². The summed E-state index contributed by atoms with van der Waals surface area (Å²) in [5, 5.41) is 10.9. The minimum atomic E-state index is -0.127. The van der Waals surface area contributed by atoms with E-state index in [1.54, 1.807) is 0 Å². The van der Waals surface area contributed by atoms with E-state index in [0.717, 1.165) is 11.8 Å². The molecule has 0 spiro atoms. The summed E-state index contributed by atoms with van der Waals surface area (Å²) in [7, 11) is 0. The highest BCUT2D eigenvalue weighted by molar-refractivity contribution is 8.13. The van der Waals surface area contributed by atoms with Gasteiger partial charge in [-0.1, -0.05) is 11.8 Å². The lowest BCUT2D eigenvalue weighted by molar-refractivity contribution is -0.120. The van der Waals surface area contributed by atoms with E-state index in [-0.39, 0.29) is 24.2 Å². The van der Waals surface area contributed by atoms with Crippen LogP contribution in [0.4, 0.5) is 0 Å². The molecule has 0 aromatic rings. The Bertz CT molecular complexity index is 161. The Balaban J connectivity index is 3.25. The molecule has 0 aromatic carbocycles. The van der Waals surface area contributed by atoms with Crippen LogP contribution in [0.5, 0.6) is 0 Å². The normalized spacial score (nSPS) is 9.50. The van der Waals surface area contributed by atoms with Gasteiger partial charge < -0.3 is 10.4 Å². The first-order chi connectivity index (χ1) is 5.66. The van der Waals surface area contributed by atoms with Gasteiger partial charge >= 0.3 is 0 Å². The van der Waals surface area contributed by atoms with Gasteiger partial charge in [0.1, 0.15) is 0 Å². The summed E-state index contributed by atoms with van der Waals surface area (Å²) in [6.45, 7) is 1.70. The topological polar surface area (TPSA) is 66.4 Å². The van der Waals surface area contributed by atoms with Crippen LogP contribution in [0.15, 0.2) is 0 Å². The number of amides is 1. The van der Waals surface area contributed by atoms with E-state index in [1.165, 1.54) is 6.92 Å². The highest BCUT2D eigenvalue weighted by Gasteiger charge is 2.00. The summed E-state index contributed by atoms with van der Waals surface area (Å²) in [5.74, 6) is 0.380. The van der Waals surface area contributed by atoms with Crippen molar-refractivity contribution in [3.63, 3.8) is 0 Å². The van der Waals surface area contributed by atoms with Crippen molar-refractivity contribution in [2.75, 3.05) is 18.9 Å². The molecule has 5 heteroatoms. The molecule has 0 heterocycles. The van der Waals surface area contributed by atoms with Gasteiger partial charge in [0, 0.05) is 25.6 Å². The van der Waals surface area contributed by atoms with Crippen LogP contribution in [-0.2, 0) is 9.59 Å². The quantitative estimate of drug-likeness (QED) is 0.629. The fourth-order valence-electron chi connectivity index (χ4n) is 0.571. The van der Waals surface area contributed by atoms with E-state index in [9.17, 15) is 9.59 Å². The second-order valence-electron chi connectivity index (χ2n) is 2.16. The maximum absolute atomic E-state index is 10.8. The van der Waals surface area contributed by atoms with Gasteiger partial charge in [-0.25, -0.2) is 0 Å². The van der Waals surface area contributed by atoms with E-state index in [1.807, 2.05) is 0 Å². The minimum absolute atomic E-state index is 0.0185. The third-order valence-corrected chi connectivity index (χ3v) is 1.88. The monoisotopic (exact) mass is 191 g/mol. The van der Waals surface area contributed by atoms with Crippen molar-refractivity contribution < 1.29 is 14.7 Å². The van der Waals surface area contributed by atoms with Crippen molar-refractivity contribution in [2.45, 2.75) is 13.3 Å². The standard InChI is InChI=1S/C7H13NO3S/c1-6(10)12-5-2-7(11)8-3-4-9/h9H,2-5H2,1H3,(H,8,11). The molecule has 0 saturated carbocycles. The van der Waals surface area contributed by atoms with E-state index in [4.69, 9.17) is 5.11 Å². The number of carbonyl (C=O) groups excluding carboxylic acids is 2. The number of aliphatic hydroxyl groups excluding tert-OH is 1. The lowest BCUT2D eigenvalue weighted by atomic mass is 10.4. The van der Waals surface area contributed by atoms with Crippen LogP contribution >= 0.6 is 11.8 Å². The molecule has 0 aromatic heterocycles. The number of hydrogen-bond acceptors (Lipinski definition) is 4. The summed E-state index contributed by atoms with van der Waals surface area (Å²) < 4.78 is 0. The highest BCUT2D eigenvalue weighted by atomic mass is 32.2. The van der Waals surface area contributed by atoms with Gasteiger partial charge in [0.2, 0.25) is 5.91 Å². The zero-order valence-corrected chi connectivity index (χ0v) is 7.82. The lowest BCUT2D eigenvalue weighted by Crippen LogP contribution is -2.26. The molecule has 1 amide bonds. The zero-order chi connectivity index (χ0) is 9.40. The number of aliphatic hydroxyl groups is 1. The average molecular weight is 191 g/mol. The van der Waals surface area contributed by atoms with Crippen LogP contribution in [0.2, 0.25) is 0 Å². The molecule has 0 rings (SSSR count). The molecular weight excluding hydrogens is 178 g/mol. The first-order valence-electron chi connectivity index (χ1n) is 3.67. The number of carbonyl (C=O) groups is 2. The predicted octanol–water partition coefficient (Wildman–Crippen LogP) is -0.235. The molecular formula is C7H13NO3S. The van der Waals surface area contributed by atoms with Crippen LogP contribution in [0.1, 0.15) is 13.3 Å². The Kier molecular flexibility index (Phi) is 6.79. The van der Waals surface area contributed by atoms with Crippen molar-refractivity contribution in [3.8, 4) is 0 Å².